The van der Waals surface area contributed by atoms with E-state index in [2.05, 4.69) is 17.5 Å². The van der Waals surface area contributed by atoms with E-state index in [0.29, 0.717) is 6.42 Å². The van der Waals surface area contributed by atoms with Gasteiger partial charge in [-0.3, -0.25) is 4.79 Å². The lowest BCUT2D eigenvalue weighted by molar-refractivity contribution is -0.121. The summed E-state index contributed by atoms with van der Waals surface area (Å²) in [7, 11) is 0. The SMILES string of the molecule is CCCCCCCCCCCC(=O)NN=CC=Cc1ccccc1. The van der Waals surface area contributed by atoms with Crippen LogP contribution in [0.3, 0.4) is 0 Å². The van der Waals surface area contributed by atoms with Gasteiger partial charge in [-0.15, -0.1) is 0 Å². The molecule has 0 bridgehead atoms. The molecule has 1 N–H and O–H groups in total. The normalized spacial score (nSPS) is 11.4. The number of carbonyl (C=O) groups excluding carboxylic acids is 1. The third-order valence-electron chi connectivity index (χ3n) is 3.95. The first-order chi connectivity index (χ1) is 11.8. The molecule has 0 heterocycles. The molecule has 0 saturated heterocycles. The molecule has 1 amide bonds. The Labute approximate surface area is 147 Å². The van der Waals surface area contributed by atoms with Gasteiger partial charge in [0, 0.05) is 12.6 Å². The number of allylic oxidation sites excluding steroid dienone is 1. The van der Waals surface area contributed by atoms with Gasteiger partial charge in [0.05, 0.1) is 0 Å². The minimum atomic E-state index is 0.00214. The highest BCUT2D eigenvalue weighted by molar-refractivity contribution is 5.81. The molecule has 0 aliphatic carbocycles. The lowest BCUT2D eigenvalue weighted by Crippen LogP contribution is -2.16. The van der Waals surface area contributed by atoms with Gasteiger partial charge in [0.15, 0.2) is 0 Å². The molecule has 0 aliphatic rings. The largest absolute Gasteiger partial charge is 0.273 e. The summed E-state index contributed by atoms with van der Waals surface area (Å²) in [5.41, 5.74) is 3.69. The van der Waals surface area contributed by atoms with Crippen molar-refractivity contribution in [2.75, 3.05) is 0 Å². The summed E-state index contributed by atoms with van der Waals surface area (Å²) in [4.78, 5) is 11.6. The Balaban J connectivity index is 1.96. The van der Waals surface area contributed by atoms with E-state index in [1.54, 1.807) is 6.21 Å². The fraction of sp³-hybridized carbons (Fsp3) is 0.524. The van der Waals surface area contributed by atoms with Crippen LogP contribution in [0.2, 0.25) is 0 Å². The van der Waals surface area contributed by atoms with Crippen LogP contribution in [0, 0.1) is 0 Å². The van der Waals surface area contributed by atoms with Crippen LogP contribution in [-0.2, 0) is 4.79 Å². The molecule has 0 saturated carbocycles. The summed E-state index contributed by atoms with van der Waals surface area (Å²) >= 11 is 0. The summed E-state index contributed by atoms with van der Waals surface area (Å²) in [5, 5.41) is 3.93. The first-order valence-electron chi connectivity index (χ1n) is 9.36. The molecule has 132 valence electrons. The molecule has 1 rings (SSSR count). The first-order valence-corrected chi connectivity index (χ1v) is 9.36. The number of amides is 1. The Kier molecular flexibility index (Phi) is 12.3. The number of hydrogen-bond donors (Lipinski definition) is 1. The Morgan fingerprint density at radius 1 is 0.958 bits per heavy atom. The molecule has 0 fully saturated rings. The quantitative estimate of drug-likeness (QED) is 0.281. The molecular weight excluding hydrogens is 296 g/mol. The Morgan fingerprint density at radius 3 is 2.25 bits per heavy atom. The molecule has 0 aromatic heterocycles. The average molecular weight is 329 g/mol. The van der Waals surface area contributed by atoms with E-state index in [-0.39, 0.29) is 5.91 Å². The summed E-state index contributed by atoms with van der Waals surface area (Å²) in [6, 6.07) is 10.0. The van der Waals surface area contributed by atoms with Crippen molar-refractivity contribution in [3.8, 4) is 0 Å². The minimum Gasteiger partial charge on any atom is -0.273 e. The van der Waals surface area contributed by atoms with E-state index in [4.69, 9.17) is 0 Å². The molecule has 0 spiro atoms. The van der Waals surface area contributed by atoms with E-state index in [9.17, 15) is 4.79 Å². The molecule has 1 aromatic rings. The number of carbonyl (C=O) groups is 1. The Hall–Kier alpha value is -1.90. The Bertz CT molecular complexity index is 480. The highest BCUT2D eigenvalue weighted by atomic mass is 16.2. The second-order valence-electron chi connectivity index (χ2n) is 6.16. The maximum Gasteiger partial charge on any atom is 0.240 e. The summed E-state index contributed by atoms with van der Waals surface area (Å²) in [5.74, 6) is 0.00214. The van der Waals surface area contributed by atoms with E-state index >= 15 is 0 Å². The van der Waals surface area contributed by atoms with Crippen molar-refractivity contribution in [3.63, 3.8) is 0 Å². The molecule has 3 heteroatoms. The fourth-order valence-electron chi connectivity index (χ4n) is 2.52. The second-order valence-corrected chi connectivity index (χ2v) is 6.16. The van der Waals surface area contributed by atoms with Crippen LogP contribution in [0.4, 0.5) is 0 Å². The average Bonchev–Trinajstić information content (AvgIpc) is 2.61. The number of rotatable bonds is 13. The topological polar surface area (TPSA) is 41.5 Å². The van der Waals surface area contributed by atoms with Gasteiger partial charge in [-0.05, 0) is 18.1 Å². The van der Waals surface area contributed by atoms with Gasteiger partial charge in [-0.25, -0.2) is 5.43 Å². The summed E-state index contributed by atoms with van der Waals surface area (Å²) in [6.45, 7) is 2.24. The molecule has 1 aromatic carbocycles. The van der Waals surface area contributed by atoms with Crippen LogP contribution >= 0.6 is 0 Å². The van der Waals surface area contributed by atoms with Crippen LogP contribution in [-0.4, -0.2) is 12.1 Å². The molecule has 0 unspecified atom stereocenters. The zero-order chi connectivity index (χ0) is 17.3. The van der Waals surface area contributed by atoms with Crippen LogP contribution in [0.15, 0.2) is 41.5 Å². The summed E-state index contributed by atoms with van der Waals surface area (Å²) < 4.78 is 0. The molecular formula is C21H32N2O. The van der Waals surface area contributed by atoms with E-state index in [1.807, 2.05) is 42.5 Å². The van der Waals surface area contributed by atoms with E-state index < -0.39 is 0 Å². The fourth-order valence-corrected chi connectivity index (χ4v) is 2.52. The van der Waals surface area contributed by atoms with Gasteiger partial charge in [0.2, 0.25) is 5.91 Å². The molecule has 0 atom stereocenters. The zero-order valence-corrected chi connectivity index (χ0v) is 15.0. The number of hydrogen-bond acceptors (Lipinski definition) is 2. The minimum absolute atomic E-state index is 0.00214. The summed E-state index contributed by atoms with van der Waals surface area (Å²) in [6.07, 6.45) is 17.3. The number of hydrazone groups is 1. The third-order valence-corrected chi connectivity index (χ3v) is 3.95. The molecule has 24 heavy (non-hydrogen) atoms. The maximum absolute atomic E-state index is 11.6. The van der Waals surface area contributed by atoms with Gasteiger partial charge in [-0.1, -0.05) is 94.7 Å². The van der Waals surface area contributed by atoms with Crippen molar-refractivity contribution in [1.29, 1.82) is 0 Å². The van der Waals surface area contributed by atoms with Gasteiger partial charge < -0.3 is 0 Å². The van der Waals surface area contributed by atoms with Crippen LogP contribution in [0.5, 0.6) is 0 Å². The third kappa shape index (κ3) is 11.6. The highest BCUT2D eigenvalue weighted by Gasteiger charge is 1.98. The van der Waals surface area contributed by atoms with Gasteiger partial charge in [-0.2, -0.15) is 5.10 Å². The van der Waals surface area contributed by atoms with Gasteiger partial charge in [0.1, 0.15) is 0 Å². The lowest BCUT2D eigenvalue weighted by atomic mass is 10.1. The number of nitrogens with one attached hydrogen (secondary N) is 1. The zero-order valence-electron chi connectivity index (χ0n) is 15.0. The van der Waals surface area contributed by atoms with Crippen molar-refractivity contribution >= 4 is 18.2 Å². The second kappa shape index (κ2) is 14.7. The molecule has 0 radical (unpaired) electrons. The van der Waals surface area contributed by atoms with E-state index in [0.717, 1.165) is 18.4 Å². The standard InChI is InChI=1S/C21H32N2O/c1-2-3-4-5-6-7-8-9-13-18-21(24)23-22-19-14-17-20-15-11-10-12-16-20/h10-12,14-17,19H,2-9,13,18H2,1H3,(H,23,24). The van der Waals surface area contributed by atoms with Crippen LogP contribution in [0.25, 0.3) is 6.08 Å². The van der Waals surface area contributed by atoms with Crippen molar-refractivity contribution in [2.24, 2.45) is 5.10 Å². The van der Waals surface area contributed by atoms with E-state index in [1.165, 1.54) is 44.9 Å². The van der Waals surface area contributed by atoms with Gasteiger partial charge >= 0.3 is 0 Å². The monoisotopic (exact) mass is 328 g/mol. The predicted octanol–water partition coefficient (Wildman–Crippen LogP) is 5.72. The Morgan fingerprint density at radius 2 is 1.58 bits per heavy atom. The van der Waals surface area contributed by atoms with Gasteiger partial charge in [0.25, 0.3) is 0 Å². The predicted molar refractivity (Wildman–Crippen MR) is 104 cm³/mol. The number of unbranched alkanes of at least 4 members (excludes halogenated alkanes) is 8. The van der Waals surface area contributed by atoms with Crippen molar-refractivity contribution in [2.45, 2.75) is 71.1 Å². The lowest BCUT2D eigenvalue weighted by Gasteiger charge is -2.01. The van der Waals surface area contributed by atoms with Crippen molar-refractivity contribution in [3.05, 3.63) is 42.0 Å². The molecule has 0 aliphatic heterocycles. The van der Waals surface area contributed by atoms with Crippen LogP contribution in [0.1, 0.15) is 76.7 Å². The van der Waals surface area contributed by atoms with Crippen LogP contribution < -0.4 is 5.43 Å². The van der Waals surface area contributed by atoms with Crippen molar-refractivity contribution < 1.29 is 4.79 Å². The maximum atomic E-state index is 11.6. The number of nitrogens with zero attached hydrogens (tertiary/aromatic N) is 1. The molecule has 3 nitrogen and oxygen atoms in total. The number of benzene rings is 1. The first kappa shape index (κ1) is 20.1. The smallest absolute Gasteiger partial charge is 0.240 e. The van der Waals surface area contributed by atoms with Crippen molar-refractivity contribution in [1.82, 2.24) is 5.43 Å². The highest BCUT2D eigenvalue weighted by Crippen LogP contribution is 2.10.